The minimum Gasteiger partial charge on any atom is -0.481 e. The number of aliphatic carboxylic acids is 1. The Balaban J connectivity index is 2.42. The van der Waals surface area contributed by atoms with Crippen LogP contribution < -0.4 is 5.73 Å². The highest BCUT2D eigenvalue weighted by Gasteiger charge is 2.57. The number of benzene rings is 2. The first kappa shape index (κ1) is 15.9. The molecule has 122 valence electrons. The fourth-order valence-electron chi connectivity index (χ4n) is 3.60. The summed E-state index contributed by atoms with van der Waals surface area (Å²) >= 11 is 0. The van der Waals surface area contributed by atoms with Gasteiger partial charge in [0.15, 0.2) is 11.6 Å². The zero-order chi connectivity index (χ0) is 17.5. The number of carboxylic acids is 1. The van der Waals surface area contributed by atoms with Gasteiger partial charge < -0.3 is 10.8 Å². The monoisotopic (exact) mass is 323 g/mol. The van der Waals surface area contributed by atoms with E-state index >= 15 is 0 Å². The Morgan fingerprint density at radius 1 is 1.04 bits per heavy atom. The number of nitrogen functional groups attached to an aromatic ring is 1. The van der Waals surface area contributed by atoms with Gasteiger partial charge in [0, 0.05) is 16.8 Å². The average Bonchev–Trinajstić information content (AvgIpc) is 2.73. The molecule has 2 aliphatic carbocycles. The largest absolute Gasteiger partial charge is 0.481 e. The molecule has 24 heavy (non-hydrogen) atoms. The molecule has 0 saturated heterocycles. The number of hydrogen-bond donors (Lipinski definition) is 2. The van der Waals surface area contributed by atoms with Crippen LogP contribution in [-0.4, -0.2) is 22.6 Å². The van der Waals surface area contributed by atoms with E-state index in [1.807, 2.05) is 0 Å². The lowest BCUT2D eigenvalue weighted by Gasteiger charge is -2.35. The second kappa shape index (κ2) is 5.60. The molecule has 0 aromatic heterocycles. The van der Waals surface area contributed by atoms with Gasteiger partial charge in [-0.25, -0.2) is 0 Å². The van der Waals surface area contributed by atoms with Crippen molar-refractivity contribution in [1.29, 1.82) is 0 Å². The van der Waals surface area contributed by atoms with Crippen LogP contribution in [0.1, 0.15) is 39.6 Å². The summed E-state index contributed by atoms with van der Waals surface area (Å²) in [7, 11) is 0. The van der Waals surface area contributed by atoms with Crippen molar-refractivity contribution in [3.8, 4) is 0 Å². The summed E-state index contributed by atoms with van der Waals surface area (Å²) in [5.74, 6) is -3.42. The predicted octanol–water partition coefficient (Wildman–Crippen LogP) is 2.70. The molecule has 0 aliphatic heterocycles. The SMILES string of the molecule is CCC(C(=O)O)C1(c2ccccc2N)C(=O)c2ccc(cc2)C1=O. The number of hydrogen-bond acceptors (Lipinski definition) is 4. The van der Waals surface area contributed by atoms with Crippen LogP contribution in [0, 0.1) is 5.92 Å². The van der Waals surface area contributed by atoms with Crippen molar-refractivity contribution >= 4 is 23.2 Å². The summed E-state index contributed by atoms with van der Waals surface area (Å²) in [4.78, 5) is 38.6. The Kier molecular flexibility index (Phi) is 3.72. The first-order chi connectivity index (χ1) is 11.4. The maximum atomic E-state index is 13.3. The number of ketones is 2. The Labute approximate surface area is 139 Å². The molecule has 0 fully saturated rings. The first-order valence-electron chi connectivity index (χ1n) is 7.72. The zero-order valence-electron chi connectivity index (χ0n) is 13.2. The molecule has 0 amide bonds. The number of rotatable bonds is 4. The molecule has 1 atom stereocenters. The fourth-order valence-corrected chi connectivity index (χ4v) is 3.60. The highest BCUT2D eigenvalue weighted by molar-refractivity contribution is 6.28. The number of anilines is 1. The molecule has 5 nitrogen and oxygen atoms in total. The van der Waals surface area contributed by atoms with Gasteiger partial charge in [0.2, 0.25) is 0 Å². The van der Waals surface area contributed by atoms with E-state index in [2.05, 4.69) is 0 Å². The topological polar surface area (TPSA) is 97.5 Å². The van der Waals surface area contributed by atoms with Gasteiger partial charge in [0.25, 0.3) is 0 Å². The summed E-state index contributed by atoms with van der Waals surface area (Å²) in [6.07, 6.45) is 0.127. The third-order valence-electron chi connectivity index (χ3n) is 4.74. The van der Waals surface area contributed by atoms with E-state index in [-0.39, 0.29) is 17.7 Å². The molecule has 1 unspecified atom stereocenters. The third kappa shape index (κ3) is 1.98. The smallest absolute Gasteiger partial charge is 0.308 e. The molecule has 2 aromatic carbocycles. The third-order valence-corrected chi connectivity index (χ3v) is 4.74. The fraction of sp³-hybridized carbons (Fsp3) is 0.211. The van der Waals surface area contributed by atoms with Gasteiger partial charge in [0.1, 0.15) is 5.41 Å². The van der Waals surface area contributed by atoms with Crippen molar-refractivity contribution < 1.29 is 19.5 Å². The predicted molar refractivity (Wildman–Crippen MR) is 89.1 cm³/mol. The van der Waals surface area contributed by atoms with Gasteiger partial charge >= 0.3 is 5.97 Å². The van der Waals surface area contributed by atoms with Crippen molar-refractivity contribution in [2.24, 2.45) is 5.92 Å². The van der Waals surface area contributed by atoms with Crippen LogP contribution in [0.4, 0.5) is 5.69 Å². The normalized spacial score (nSPS) is 16.7. The molecule has 2 bridgehead atoms. The molecule has 5 heteroatoms. The van der Waals surface area contributed by atoms with Crippen LogP contribution in [0.25, 0.3) is 0 Å². The Bertz CT molecular complexity index is 804. The number of carbonyl (C=O) groups excluding carboxylic acids is 2. The van der Waals surface area contributed by atoms with Crippen molar-refractivity contribution in [2.45, 2.75) is 18.8 Å². The zero-order valence-corrected chi connectivity index (χ0v) is 13.2. The van der Waals surface area contributed by atoms with Crippen LogP contribution in [0.15, 0.2) is 48.5 Å². The van der Waals surface area contributed by atoms with Crippen molar-refractivity contribution in [3.63, 3.8) is 0 Å². The molecule has 0 spiro atoms. The molecule has 0 radical (unpaired) electrons. The number of fused-ring (bicyclic) bond motifs is 4. The molecule has 4 rings (SSSR count). The second-order valence-corrected chi connectivity index (χ2v) is 5.93. The van der Waals surface area contributed by atoms with Crippen molar-refractivity contribution in [1.82, 2.24) is 0 Å². The van der Waals surface area contributed by atoms with E-state index in [1.54, 1.807) is 55.5 Å². The van der Waals surface area contributed by atoms with Crippen LogP contribution in [0.3, 0.4) is 0 Å². The number of carbonyl (C=O) groups is 3. The molecular formula is C19H17NO4. The van der Waals surface area contributed by atoms with Gasteiger partial charge in [-0.2, -0.15) is 0 Å². The van der Waals surface area contributed by atoms with E-state index in [0.717, 1.165) is 0 Å². The Morgan fingerprint density at radius 2 is 1.54 bits per heavy atom. The Morgan fingerprint density at radius 3 is 1.96 bits per heavy atom. The Hall–Kier alpha value is -2.95. The van der Waals surface area contributed by atoms with Gasteiger partial charge in [-0.15, -0.1) is 0 Å². The van der Waals surface area contributed by atoms with Crippen molar-refractivity contribution in [3.05, 3.63) is 65.2 Å². The minimum absolute atomic E-state index is 0.127. The number of Topliss-reactive ketones (excluding diaryl/α,β-unsaturated/α-hetero) is 2. The summed E-state index contributed by atoms with van der Waals surface area (Å²) in [6.45, 7) is 1.66. The number of nitrogens with two attached hydrogens (primary N) is 1. The lowest BCUT2D eigenvalue weighted by atomic mass is 9.62. The maximum absolute atomic E-state index is 13.3. The number of carboxylic acid groups (broad SMARTS) is 1. The van der Waals surface area contributed by atoms with Crippen LogP contribution in [-0.2, 0) is 10.2 Å². The van der Waals surface area contributed by atoms with Crippen LogP contribution in [0.2, 0.25) is 0 Å². The van der Waals surface area contributed by atoms with E-state index in [4.69, 9.17) is 5.73 Å². The molecular weight excluding hydrogens is 306 g/mol. The molecule has 0 saturated carbocycles. The van der Waals surface area contributed by atoms with Crippen molar-refractivity contribution in [2.75, 3.05) is 5.73 Å². The highest BCUT2D eigenvalue weighted by Crippen LogP contribution is 2.45. The first-order valence-corrected chi connectivity index (χ1v) is 7.72. The molecule has 2 aliphatic rings. The highest BCUT2D eigenvalue weighted by atomic mass is 16.4. The van der Waals surface area contributed by atoms with E-state index in [1.165, 1.54) is 0 Å². The lowest BCUT2D eigenvalue weighted by Crippen LogP contribution is -2.52. The summed E-state index contributed by atoms with van der Waals surface area (Å²) in [5.41, 5.74) is 5.34. The standard InChI is InChI=1S/C19H17NO4/c1-2-13(18(23)24)19(14-5-3-4-6-15(14)20)16(21)11-7-8-12(10-9-11)17(19)22/h3-10,13H,2,20H2,1H3,(H,23,24). The second-order valence-electron chi connectivity index (χ2n) is 5.93. The number of para-hydroxylation sites is 1. The van der Waals surface area contributed by atoms with E-state index in [0.29, 0.717) is 11.1 Å². The van der Waals surface area contributed by atoms with Gasteiger partial charge in [-0.05, 0) is 18.1 Å². The molecule has 2 aromatic rings. The van der Waals surface area contributed by atoms with E-state index in [9.17, 15) is 19.5 Å². The summed E-state index contributed by atoms with van der Waals surface area (Å²) in [6, 6.07) is 12.7. The average molecular weight is 323 g/mol. The van der Waals surface area contributed by atoms with Gasteiger partial charge in [0.05, 0.1) is 5.92 Å². The minimum atomic E-state index is -1.84. The maximum Gasteiger partial charge on any atom is 0.308 e. The lowest BCUT2D eigenvalue weighted by molar-refractivity contribution is -0.143. The van der Waals surface area contributed by atoms with Crippen LogP contribution in [0.5, 0.6) is 0 Å². The summed E-state index contributed by atoms with van der Waals surface area (Å²) < 4.78 is 0. The van der Waals surface area contributed by atoms with Gasteiger partial charge in [-0.1, -0.05) is 49.4 Å². The van der Waals surface area contributed by atoms with Gasteiger partial charge in [-0.3, -0.25) is 14.4 Å². The van der Waals surface area contributed by atoms with Crippen LogP contribution >= 0.6 is 0 Å². The quantitative estimate of drug-likeness (QED) is 0.666. The molecule has 3 N–H and O–H groups in total. The molecule has 0 heterocycles. The summed E-state index contributed by atoms with van der Waals surface area (Å²) in [5, 5.41) is 9.76. The van der Waals surface area contributed by atoms with E-state index < -0.39 is 28.9 Å².